The van der Waals surface area contributed by atoms with Crippen LogP contribution in [-0.2, 0) is 0 Å². The summed E-state index contributed by atoms with van der Waals surface area (Å²) in [5.41, 5.74) is 7.37. The zero-order valence-corrected chi connectivity index (χ0v) is 11.9. The molecule has 2 rings (SSSR count). The molecule has 0 saturated carbocycles. The van der Waals surface area contributed by atoms with Gasteiger partial charge >= 0.3 is 0 Å². The fraction of sp³-hybridized carbons (Fsp3) is 0.133. The number of rotatable bonds is 3. The van der Waals surface area contributed by atoms with E-state index in [0.717, 1.165) is 23.3 Å². The van der Waals surface area contributed by atoms with Crippen LogP contribution in [0.4, 0.5) is 8.78 Å². The van der Waals surface area contributed by atoms with Crippen molar-refractivity contribution in [1.82, 2.24) is 0 Å². The first-order valence-corrected chi connectivity index (χ1v) is 6.32. The maximum Gasteiger partial charge on any atom is 0.198 e. The summed E-state index contributed by atoms with van der Waals surface area (Å²) in [4.78, 5) is -0.0687. The van der Waals surface area contributed by atoms with Crippen molar-refractivity contribution in [3.8, 4) is 11.5 Å². The first kappa shape index (κ1) is 14.4. The molecule has 2 nitrogen and oxygen atoms in total. The highest BCUT2D eigenvalue weighted by Crippen LogP contribution is 2.29. The molecule has 0 radical (unpaired) electrons. The van der Waals surface area contributed by atoms with Crippen molar-refractivity contribution >= 4 is 17.2 Å². The van der Waals surface area contributed by atoms with Crippen LogP contribution in [0, 0.1) is 25.5 Å². The zero-order valence-electron chi connectivity index (χ0n) is 11.0. The summed E-state index contributed by atoms with van der Waals surface area (Å²) >= 11 is 4.69. The highest BCUT2D eigenvalue weighted by atomic mass is 32.1. The molecule has 0 saturated heterocycles. The molecule has 0 aliphatic carbocycles. The molecule has 0 fully saturated rings. The Balaban J connectivity index is 2.41. The molecule has 0 unspecified atom stereocenters. The van der Waals surface area contributed by atoms with Crippen LogP contribution in [0.3, 0.4) is 0 Å². The number of thiocarbonyl (C=S) groups is 1. The van der Waals surface area contributed by atoms with E-state index in [9.17, 15) is 8.78 Å². The number of hydrogen-bond acceptors (Lipinski definition) is 2. The van der Waals surface area contributed by atoms with E-state index in [-0.39, 0.29) is 10.6 Å². The van der Waals surface area contributed by atoms with Gasteiger partial charge in [-0.1, -0.05) is 18.3 Å². The highest BCUT2D eigenvalue weighted by Gasteiger charge is 2.15. The number of aryl methyl sites for hydroxylation is 2. The van der Waals surface area contributed by atoms with Crippen molar-refractivity contribution in [2.24, 2.45) is 5.73 Å². The molecule has 0 atom stereocenters. The summed E-state index contributed by atoms with van der Waals surface area (Å²) < 4.78 is 33.1. The molecule has 2 aromatic carbocycles. The summed E-state index contributed by atoms with van der Waals surface area (Å²) in [6.45, 7) is 3.76. The Kier molecular flexibility index (Phi) is 3.99. The Hall–Kier alpha value is -2.01. The van der Waals surface area contributed by atoms with Gasteiger partial charge in [-0.3, -0.25) is 0 Å². The third kappa shape index (κ3) is 3.11. The summed E-state index contributed by atoms with van der Waals surface area (Å²) in [5, 5.41) is 0. The van der Waals surface area contributed by atoms with Gasteiger partial charge in [0.1, 0.15) is 10.7 Å². The lowest BCUT2D eigenvalue weighted by atomic mass is 10.1. The van der Waals surface area contributed by atoms with Crippen LogP contribution in [0.25, 0.3) is 0 Å². The minimum atomic E-state index is -0.841. The number of halogens is 2. The smallest absolute Gasteiger partial charge is 0.198 e. The van der Waals surface area contributed by atoms with Crippen molar-refractivity contribution in [1.29, 1.82) is 0 Å². The quantitative estimate of drug-likeness (QED) is 0.868. The van der Waals surface area contributed by atoms with Gasteiger partial charge in [0.05, 0.1) is 0 Å². The maximum atomic E-state index is 13.9. The molecule has 0 aliphatic heterocycles. The van der Waals surface area contributed by atoms with Crippen LogP contribution in [0.2, 0.25) is 0 Å². The Morgan fingerprint density at radius 1 is 1.00 bits per heavy atom. The van der Waals surface area contributed by atoms with Crippen LogP contribution in [0.5, 0.6) is 11.5 Å². The largest absolute Gasteiger partial charge is 0.451 e. The number of ether oxygens (including phenoxy) is 1. The maximum absolute atomic E-state index is 13.9. The fourth-order valence-corrected chi connectivity index (χ4v) is 2.03. The van der Waals surface area contributed by atoms with Crippen molar-refractivity contribution in [3.63, 3.8) is 0 Å². The van der Waals surface area contributed by atoms with E-state index >= 15 is 0 Å². The Morgan fingerprint density at radius 3 is 1.95 bits per heavy atom. The molecule has 0 aliphatic rings. The second kappa shape index (κ2) is 5.54. The average Bonchev–Trinajstić information content (AvgIpc) is 2.32. The molecular formula is C15H13F2NOS. The predicted molar refractivity (Wildman–Crippen MR) is 78.2 cm³/mol. The van der Waals surface area contributed by atoms with Crippen LogP contribution in [-0.4, -0.2) is 4.99 Å². The Labute approximate surface area is 121 Å². The monoisotopic (exact) mass is 293 g/mol. The van der Waals surface area contributed by atoms with Gasteiger partial charge in [0.25, 0.3) is 0 Å². The number of hydrogen-bond donors (Lipinski definition) is 1. The van der Waals surface area contributed by atoms with Gasteiger partial charge in [0, 0.05) is 5.56 Å². The second-order valence-electron chi connectivity index (χ2n) is 4.56. The Morgan fingerprint density at radius 2 is 1.50 bits per heavy atom. The molecule has 2 aromatic rings. The number of nitrogens with two attached hydrogens (primary N) is 1. The van der Waals surface area contributed by atoms with Crippen molar-refractivity contribution < 1.29 is 13.5 Å². The highest BCUT2D eigenvalue weighted by molar-refractivity contribution is 7.80. The van der Waals surface area contributed by atoms with Gasteiger partial charge in [-0.15, -0.1) is 0 Å². The molecule has 2 N–H and O–H groups in total. The van der Waals surface area contributed by atoms with E-state index in [1.165, 1.54) is 0 Å². The molecule has 0 amide bonds. The summed E-state index contributed by atoms with van der Waals surface area (Å²) in [7, 11) is 0. The lowest BCUT2D eigenvalue weighted by molar-refractivity contribution is 0.407. The van der Waals surface area contributed by atoms with Crippen LogP contribution < -0.4 is 10.5 Å². The summed E-state index contributed by atoms with van der Waals surface area (Å²) in [6.07, 6.45) is 0. The summed E-state index contributed by atoms with van der Waals surface area (Å²) in [6, 6.07) is 7.46. The van der Waals surface area contributed by atoms with Gasteiger partial charge in [0.2, 0.25) is 0 Å². The van der Waals surface area contributed by atoms with Gasteiger partial charge < -0.3 is 10.5 Å². The molecule has 104 valence electrons. The van der Waals surface area contributed by atoms with Crippen molar-refractivity contribution in [3.05, 3.63) is 58.7 Å². The van der Waals surface area contributed by atoms with Crippen LogP contribution >= 0.6 is 12.2 Å². The van der Waals surface area contributed by atoms with Crippen LogP contribution in [0.1, 0.15) is 16.7 Å². The summed E-state index contributed by atoms with van der Waals surface area (Å²) in [5.74, 6) is -1.77. The first-order chi connectivity index (χ1) is 9.36. The molecule has 5 heteroatoms. The van der Waals surface area contributed by atoms with E-state index in [1.807, 2.05) is 19.9 Å². The SMILES string of the molecule is Cc1cc(C)cc(Oc2c(F)cc(C(N)=S)cc2F)c1. The second-order valence-corrected chi connectivity index (χ2v) is 5.00. The average molecular weight is 293 g/mol. The molecule has 0 aromatic heterocycles. The Bertz CT molecular complexity index is 642. The molecular weight excluding hydrogens is 280 g/mol. The lowest BCUT2D eigenvalue weighted by Gasteiger charge is -2.10. The number of benzene rings is 2. The standard InChI is InChI=1S/C15H13F2NOS/c1-8-3-9(2)5-11(4-8)19-14-12(16)6-10(15(18)20)7-13(14)17/h3-7H,1-2H3,(H2,18,20). The molecule has 20 heavy (non-hydrogen) atoms. The van der Waals surface area contributed by atoms with Gasteiger partial charge in [-0.25, -0.2) is 8.78 Å². The molecule has 0 bridgehead atoms. The third-order valence-corrected chi connectivity index (χ3v) is 2.93. The van der Waals surface area contributed by atoms with E-state index in [0.29, 0.717) is 5.75 Å². The minimum Gasteiger partial charge on any atom is -0.451 e. The molecule has 0 spiro atoms. The van der Waals surface area contributed by atoms with Gasteiger partial charge in [0.15, 0.2) is 17.4 Å². The fourth-order valence-electron chi connectivity index (χ4n) is 1.91. The van der Waals surface area contributed by atoms with Crippen molar-refractivity contribution in [2.75, 3.05) is 0 Å². The topological polar surface area (TPSA) is 35.2 Å². The van der Waals surface area contributed by atoms with E-state index in [4.69, 9.17) is 22.7 Å². The van der Waals surface area contributed by atoms with Crippen LogP contribution in [0.15, 0.2) is 30.3 Å². The van der Waals surface area contributed by atoms with Gasteiger partial charge in [-0.05, 0) is 49.2 Å². The minimum absolute atomic E-state index is 0.0687. The van der Waals surface area contributed by atoms with E-state index in [1.54, 1.807) is 12.1 Å². The normalized spacial score (nSPS) is 10.4. The van der Waals surface area contributed by atoms with Crippen molar-refractivity contribution in [2.45, 2.75) is 13.8 Å². The third-order valence-electron chi connectivity index (χ3n) is 2.70. The molecule has 0 heterocycles. The predicted octanol–water partition coefficient (Wildman–Crippen LogP) is 4.01. The van der Waals surface area contributed by atoms with Gasteiger partial charge in [-0.2, -0.15) is 0 Å². The first-order valence-electron chi connectivity index (χ1n) is 5.92. The lowest BCUT2D eigenvalue weighted by Crippen LogP contribution is -2.10. The van der Waals surface area contributed by atoms with E-state index in [2.05, 4.69) is 0 Å². The van der Waals surface area contributed by atoms with E-state index < -0.39 is 17.4 Å². The zero-order chi connectivity index (χ0) is 14.9.